The summed E-state index contributed by atoms with van der Waals surface area (Å²) in [5.74, 6) is -0.552. The highest BCUT2D eigenvalue weighted by molar-refractivity contribution is 7.86. The van der Waals surface area contributed by atoms with Gasteiger partial charge in [0.2, 0.25) is 0 Å². The minimum atomic E-state index is -4.87. The number of methoxy groups -OCH3 is 1. The Morgan fingerprint density at radius 2 is 2.00 bits per heavy atom. The molecule has 0 saturated heterocycles. The second kappa shape index (κ2) is 5.24. The Bertz CT molecular complexity index is 515. The molecule has 0 heterocycles. The summed E-state index contributed by atoms with van der Waals surface area (Å²) in [6.45, 7) is 1.49. The summed E-state index contributed by atoms with van der Waals surface area (Å²) in [5, 5.41) is 2.28. The number of anilines is 1. The number of ether oxygens (including phenoxy) is 1. The fourth-order valence-corrected chi connectivity index (χ4v) is 1.75. The number of carbonyl (C=O) groups is 1. The van der Waals surface area contributed by atoms with E-state index in [0.29, 0.717) is 0 Å². The van der Waals surface area contributed by atoms with Gasteiger partial charge in [0.1, 0.15) is 11.0 Å². The minimum Gasteiger partial charge on any atom is -0.372 e. The van der Waals surface area contributed by atoms with E-state index in [1.54, 1.807) is 0 Å². The van der Waals surface area contributed by atoms with Crippen LogP contribution in [0.1, 0.15) is 6.92 Å². The van der Waals surface area contributed by atoms with Crippen LogP contribution in [0.5, 0.6) is 0 Å². The standard InChI is InChI=1S/C10H12FNO4S/c1-7(16-2)10(13)12-8-5-3-4-6-9(8)17(11,14)15/h3-7H,1-2H3,(H,12,13). The molecule has 0 radical (unpaired) electrons. The second-order valence-electron chi connectivity index (χ2n) is 3.30. The quantitative estimate of drug-likeness (QED) is 0.830. The van der Waals surface area contributed by atoms with Gasteiger partial charge < -0.3 is 10.1 Å². The Balaban J connectivity index is 3.04. The van der Waals surface area contributed by atoms with Crippen LogP contribution in [-0.4, -0.2) is 27.5 Å². The number of hydrogen-bond donors (Lipinski definition) is 1. The molecule has 0 fully saturated rings. The van der Waals surface area contributed by atoms with E-state index < -0.39 is 27.1 Å². The number of halogens is 1. The predicted octanol–water partition coefficient (Wildman–Crippen LogP) is 1.32. The lowest BCUT2D eigenvalue weighted by molar-refractivity contribution is -0.124. The molecule has 94 valence electrons. The van der Waals surface area contributed by atoms with Gasteiger partial charge in [0.15, 0.2) is 0 Å². The van der Waals surface area contributed by atoms with Crippen molar-refractivity contribution in [3.63, 3.8) is 0 Å². The topological polar surface area (TPSA) is 72.5 Å². The molecule has 1 aromatic rings. The smallest absolute Gasteiger partial charge is 0.334 e. The molecule has 1 unspecified atom stereocenters. The highest BCUT2D eigenvalue weighted by Gasteiger charge is 2.20. The Labute approximate surface area is 98.8 Å². The Morgan fingerprint density at radius 3 is 2.53 bits per heavy atom. The van der Waals surface area contributed by atoms with Crippen LogP contribution in [0.25, 0.3) is 0 Å². The van der Waals surface area contributed by atoms with Gasteiger partial charge in [-0.2, -0.15) is 8.42 Å². The third-order valence-corrected chi connectivity index (χ3v) is 3.01. The molecule has 0 aliphatic heterocycles. The maximum atomic E-state index is 12.9. The predicted molar refractivity (Wildman–Crippen MR) is 59.8 cm³/mol. The maximum absolute atomic E-state index is 12.9. The van der Waals surface area contributed by atoms with Gasteiger partial charge in [-0.3, -0.25) is 4.79 Å². The molecule has 1 rings (SSSR count). The molecule has 0 aromatic heterocycles. The molecule has 1 aromatic carbocycles. The summed E-state index contributed by atoms with van der Waals surface area (Å²) < 4.78 is 39.3. The molecular weight excluding hydrogens is 249 g/mol. The Hall–Kier alpha value is -1.47. The zero-order valence-corrected chi connectivity index (χ0v) is 10.1. The van der Waals surface area contributed by atoms with Crippen molar-refractivity contribution >= 4 is 21.8 Å². The highest BCUT2D eigenvalue weighted by Crippen LogP contribution is 2.22. The molecule has 0 bridgehead atoms. The van der Waals surface area contributed by atoms with E-state index in [1.807, 2.05) is 0 Å². The van der Waals surface area contributed by atoms with Crippen LogP contribution in [-0.2, 0) is 19.8 Å². The van der Waals surface area contributed by atoms with Crippen LogP contribution in [0, 0.1) is 0 Å². The molecular formula is C10H12FNO4S. The van der Waals surface area contributed by atoms with Crippen LogP contribution in [0.3, 0.4) is 0 Å². The fourth-order valence-electron chi connectivity index (χ4n) is 1.12. The summed E-state index contributed by atoms with van der Waals surface area (Å²) in [4.78, 5) is 10.9. The van der Waals surface area contributed by atoms with E-state index in [4.69, 9.17) is 4.74 Å². The molecule has 0 saturated carbocycles. The van der Waals surface area contributed by atoms with Crippen LogP contribution >= 0.6 is 0 Å². The highest BCUT2D eigenvalue weighted by atomic mass is 32.3. The molecule has 1 atom stereocenters. The van der Waals surface area contributed by atoms with Gasteiger partial charge in [0.05, 0.1) is 5.69 Å². The Morgan fingerprint density at radius 1 is 1.41 bits per heavy atom. The molecule has 0 aliphatic carbocycles. The molecule has 0 aliphatic rings. The molecule has 7 heteroatoms. The normalized spacial score (nSPS) is 13.1. The first-order chi connectivity index (χ1) is 7.86. The summed E-state index contributed by atoms with van der Waals surface area (Å²) in [6, 6.07) is 5.22. The van der Waals surface area contributed by atoms with Crippen molar-refractivity contribution in [1.82, 2.24) is 0 Å². The van der Waals surface area contributed by atoms with E-state index in [9.17, 15) is 17.1 Å². The average molecular weight is 261 g/mol. The van der Waals surface area contributed by atoms with Gasteiger partial charge in [-0.15, -0.1) is 3.89 Å². The summed E-state index contributed by atoms with van der Waals surface area (Å²) >= 11 is 0. The second-order valence-corrected chi connectivity index (χ2v) is 4.62. The van der Waals surface area contributed by atoms with Crippen molar-refractivity contribution < 1.29 is 21.8 Å². The van der Waals surface area contributed by atoms with Crippen LogP contribution < -0.4 is 5.32 Å². The van der Waals surface area contributed by atoms with Gasteiger partial charge in [0.25, 0.3) is 5.91 Å². The van der Waals surface area contributed by atoms with Gasteiger partial charge in [-0.25, -0.2) is 0 Å². The number of para-hydroxylation sites is 1. The van der Waals surface area contributed by atoms with Crippen molar-refractivity contribution in [2.45, 2.75) is 17.9 Å². The van der Waals surface area contributed by atoms with Crippen molar-refractivity contribution in [1.29, 1.82) is 0 Å². The summed E-state index contributed by atoms with van der Waals surface area (Å²) in [7, 11) is -3.53. The number of hydrogen-bond acceptors (Lipinski definition) is 4. The van der Waals surface area contributed by atoms with Crippen molar-refractivity contribution in [2.24, 2.45) is 0 Å². The molecule has 1 N–H and O–H groups in total. The first-order valence-electron chi connectivity index (χ1n) is 4.73. The van der Waals surface area contributed by atoms with E-state index in [2.05, 4.69) is 5.32 Å². The SMILES string of the molecule is COC(C)C(=O)Nc1ccccc1S(=O)(=O)F. The fraction of sp³-hybridized carbons (Fsp3) is 0.300. The van der Waals surface area contributed by atoms with Gasteiger partial charge in [-0.05, 0) is 19.1 Å². The molecule has 17 heavy (non-hydrogen) atoms. The lowest BCUT2D eigenvalue weighted by atomic mass is 10.3. The van der Waals surface area contributed by atoms with Crippen molar-refractivity contribution in [3.05, 3.63) is 24.3 Å². The molecule has 0 spiro atoms. The largest absolute Gasteiger partial charge is 0.372 e. The number of amides is 1. The van der Waals surface area contributed by atoms with Gasteiger partial charge >= 0.3 is 10.2 Å². The monoisotopic (exact) mass is 261 g/mol. The number of nitrogens with one attached hydrogen (secondary N) is 1. The molecule has 1 amide bonds. The van der Waals surface area contributed by atoms with Crippen LogP contribution in [0.15, 0.2) is 29.2 Å². The first-order valence-corrected chi connectivity index (χ1v) is 6.12. The third-order valence-electron chi connectivity index (χ3n) is 2.13. The maximum Gasteiger partial charge on any atom is 0.334 e. The summed E-state index contributed by atoms with van der Waals surface area (Å²) in [5.41, 5.74) is -0.107. The lowest BCUT2D eigenvalue weighted by Crippen LogP contribution is -2.27. The average Bonchev–Trinajstić information content (AvgIpc) is 2.27. The van der Waals surface area contributed by atoms with Gasteiger partial charge in [0, 0.05) is 7.11 Å². The van der Waals surface area contributed by atoms with E-state index >= 15 is 0 Å². The lowest BCUT2D eigenvalue weighted by Gasteiger charge is -2.11. The zero-order chi connectivity index (χ0) is 13.1. The first kappa shape index (κ1) is 13.6. The van der Waals surface area contributed by atoms with Crippen molar-refractivity contribution in [2.75, 3.05) is 12.4 Å². The number of carbonyl (C=O) groups excluding carboxylic acids is 1. The van der Waals surface area contributed by atoms with E-state index in [0.717, 1.165) is 6.07 Å². The number of rotatable bonds is 4. The third kappa shape index (κ3) is 3.50. The van der Waals surface area contributed by atoms with Crippen molar-refractivity contribution in [3.8, 4) is 0 Å². The Kier molecular flexibility index (Phi) is 4.19. The summed E-state index contributed by atoms with van der Waals surface area (Å²) in [6.07, 6.45) is -0.759. The minimum absolute atomic E-state index is 0.107. The van der Waals surface area contributed by atoms with Crippen LogP contribution in [0.4, 0.5) is 9.57 Å². The number of benzene rings is 1. The molecule has 5 nitrogen and oxygen atoms in total. The van der Waals surface area contributed by atoms with Crippen LogP contribution in [0.2, 0.25) is 0 Å². The van der Waals surface area contributed by atoms with E-state index in [-0.39, 0.29) is 5.69 Å². The van der Waals surface area contributed by atoms with E-state index in [1.165, 1.54) is 32.2 Å². The van der Waals surface area contributed by atoms with Gasteiger partial charge in [-0.1, -0.05) is 12.1 Å². The zero-order valence-electron chi connectivity index (χ0n) is 9.31.